The molecule has 6 heteroatoms. The first-order valence-electron chi connectivity index (χ1n) is 10.5. The van der Waals surface area contributed by atoms with Crippen LogP contribution in [0.1, 0.15) is 64.2 Å². The monoisotopic (exact) mass is 361 g/mol. The highest BCUT2D eigenvalue weighted by molar-refractivity contribution is 5.93. The number of likely N-dealkylation sites (tertiary alicyclic amines) is 3. The lowest BCUT2D eigenvalue weighted by atomic mass is 9.97. The Morgan fingerprint density at radius 1 is 0.808 bits per heavy atom. The second-order valence-electron chi connectivity index (χ2n) is 8.46. The molecule has 3 aliphatic heterocycles. The summed E-state index contributed by atoms with van der Waals surface area (Å²) in [5.74, 6) is 0.0494. The molecule has 3 heterocycles. The summed E-state index contributed by atoms with van der Waals surface area (Å²) in [6.45, 7) is 2.88. The van der Waals surface area contributed by atoms with Crippen molar-refractivity contribution in [2.45, 2.75) is 76.3 Å². The van der Waals surface area contributed by atoms with Crippen LogP contribution in [0, 0.1) is 5.92 Å². The van der Waals surface area contributed by atoms with Crippen LogP contribution in [0.25, 0.3) is 0 Å². The number of piperidine rings is 1. The first-order valence-corrected chi connectivity index (χ1v) is 10.5. The van der Waals surface area contributed by atoms with E-state index in [1.807, 2.05) is 14.7 Å². The molecular formula is C20H31N3O3. The highest BCUT2D eigenvalue weighted by Crippen LogP contribution is 2.31. The summed E-state index contributed by atoms with van der Waals surface area (Å²) in [7, 11) is 0. The number of amides is 3. The van der Waals surface area contributed by atoms with Gasteiger partial charge in [-0.2, -0.15) is 0 Å². The number of hydrogen-bond acceptors (Lipinski definition) is 3. The molecule has 0 N–H and O–H groups in total. The van der Waals surface area contributed by atoms with Gasteiger partial charge in [0, 0.05) is 38.6 Å². The van der Waals surface area contributed by atoms with E-state index in [0.717, 1.165) is 58.0 Å². The SMILES string of the molecule is O=C(C1CCCCN1C(=O)C1CC(=O)N(C2CCCC2)C1)N1CCCC1. The molecule has 1 aliphatic carbocycles. The number of hydrogen-bond donors (Lipinski definition) is 0. The van der Waals surface area contributed by atoms with Crippen molar-refractivity contribution in [3.8, 4) is 0 Å². The van der Waals surface area contributed by atoms with E-state index >= 15 is 0 Å². The topological polar surface area (TPSA) is 60.9 Å². The molecule has 0 bridgehead atoms. The van der Waals surface area contributed by atoms with E-state index in [0.29, 0.717) is 25.6 Å². The lowest BCUT2D eigenvalue weighted by molar-refractivity contribution is -0.149. The van der Waals surface area contributed by atoms with Gasteiger partial charge < -0.3 is 14.7 Å². The van der Waals surface area contributed by atoms with Gasteiger partial charge >= 0.3 is 0 Å². The van der Waals surface area contributed by atoms with E-state index in [1.54, 1.807) is 0 Å². The van der Waals surface area contributed by atoms with E-state index in [-0.39, 0.29) is 29.7 Å². The number of nitrogens with zero attached hydrogens (tertiary/aromatic N) is 3. The third-order valence-electron chi connectivity index (χ3n) is 6.76. The predicted octanol–water partition coefficient (Wildman–Crippen LogP) is 1.78. The lowest BCUT2D eigenvalue weighted by Crippen LogP contribution is -2.54. The molecule has 2 atom stereocenters. The molecule has 3 saturated heterocycles. The summed E-state index contributed by atoms with van der Waals surface area (Å²) in [6, 6.07) is 0.0358. The maximum Gasteiger partial charge on any atom is 0.245 e. The van der Waals surface area contributed by atoms with E-state index in [2.05, 4.69) is 0 Å². The van der Waals surface area contributed by atoms with E-state index < -0.39 is 0 Å². The molecule has 26 heavy (non-hydrogen) atoms. The van der Waals surface area contributed by atoms with Crippen molar-refractivity contribution in [2.75, 3.05) is 26.2 Å². The van der Waals surface area contributed by atoms with Gasteiger partial charge in [-0.25, -0.2) is 0 Å². The van der Waals surface area contributed by atoms with Crippen molar-refractivity contribution in [1.82, 2.24) is 14.7 Å². The minimum Gasteiger partial charge on any atom is -0.341 e. The highest BCUT2D eigenvalue weighted by Gasteiger charge is 2.43. The van der Waals surface area contributed by atoms with Crippen LogP contribution in [0.2, 0.25) is 0 Å². The number of carbonyl (C=O) groups is 3. The Labute approximate surface area is 155 Å². The van der Waals surface area contributed by atoms with Crippen LogP contribution in [0.15, 0.2) is 0 Å². The first-order chi connectivity index (χ1) is 12.6. The zero-order valence-corrected chi connectivity index (χ0v) is 15.7. The summed E-state index contributed by atoms with van der Waals surface area (Å²) in [6.07, 6.45) is 9.73. The van der Waals surface area contributed by atoms with Crippen molar-refractivity contribution in [1.29, 1.82) is 0 Å². The fourth-order valence-electron chi connectivity index (χ4n) is 5.30. The zero-order chi connectivity index (χ0) is 18.1. The van der Waals surface area contributed by atoms with Crippen LogP contribution in [-0.4, -0.2) is 70.7 Å². The Hall–Kier alpha value is -1.59. The molecule has 0 radical (unpaired) electrons. The summed E-state index contributed by atoms with van der Waals surface area (Å²) < 4.78 is 0. The van der Waals surface area contributed by atoms with E-state index in [1.165, 1.54) is 12.8 Å². The zero-order valence-electron chi connectivity index (χ0n) is 15.7. The smallest absolute Gasteiger partial charge is 0.245 e. The Bertz CT molecular complexity index is 567. The van der Waals surface area contributed by atoms with Gasteiger partial charge in [0.2, 0.25) is 17.7 Å². The standard InChI is InChI=1S/C20H31N3O3/c24-18-13-15(14-23(18)16-7-1-2-8-16)19(25)22-12-4-3-9-17(22)20(26)21-10-5-6-11-21/h15-17H,1-14H2. The molecule has 144 valence electrons. The Morgan fingerprint density at radius 2 is 1.46 bits per heavy atom. The molecule has 3 amide bonds. The quantitative estimate of drug-likeness (QED) is 0.770. The fraction of sp³-hybridized carbons (Fsp3) is 0.850. The molecule has 0 aromatic rings. The average Bonchev–Trinajstić information content (AvgIpc) is 3.41. The summed E-state index contributed by atoms with van der Waals surface area (Å²) in [4.78, 5) is 44.3. The first kappa shape index (κ1) is 17.8. The van der Waals surface area contributed by atoms with Crippen molar-refractivity contribution >= 4 is 17.7 Å². The third kappa shape index (κ3) is 3.35. The maximum atomic E-state index is 13.2. The largest absolute Gasteiger partial charge is 0.341 e. The molecular weight excluding hydrogens is 330 g/mol. The fourth-order valence-corrected chi connectivity index (χ4v) is 5.30. The number of rotatable bonds is 3. The van der Waals surface area contributed by atoms with Crippen LogP contribution in [0.3, 0.4) is 0 Å². The molecule has 0 aromatic carbocycles. The van der Waals surface area contributed by atoms with Crippen LogP contribution < -0.4 is 0 Å². The van der Waals surface area contributed by atoms with Crippen LogP contribution >= 0.6 is 0 Å². The van der Waals surface area contributed by atoms with Gasteiger partial charge in [0.25, 0.3) is 0 Å². The van der Waals surface area contributed by atoms with Crippen LogP contribution in [0.4, 0.5) is 0 Å². The second-order valence-corrected chi connectivity index (χ2v) is 8.46. The predicted molar refractivity (Wildman–Crippen MR) is 97.2 cm³/mol. The minimum absolute atomic E-state index is 0.0380. The lowest BCUT2D eigenvalue weighted by Gasteiger charge is -2.38. The molecule has 4 aliphatic rings. The van der Waals surface area contributed by atoms with Crippen molar-refractivity contribution in [3.05, 3.63) is 0 Å². The van der Waals surface area contributed by atoms with Gasteiger partial charge in [0.05, 0.1) is 5.92 Å². The van der Waals surface area contributed by atoms with Crippen LogP contribution in [0.5, 0.6) is 0 Å². The van der Waals surface area contributed by atoms with Gasteiger partial charge in [-0.15, -0.1) is 0 Å². The molecule has 0 aromatic heterocycles. The third-order valence-corrected chi connectivity index (χ3v) is 6.76. The molecule has 6 nitrogen and oxygen atoms in total. The molecule has 4 fully saturated rings. The van der Waals surface area contributed by atoms with Gasteiger partial charge in [-0.3, -0.25) is 14.4 Å². The number of carbonyl (C=O) groups excluding carboxylic acids is 3. The Kier molecular flexibility index (Phi) is 5.18. The van der Waals surface area contributed by atoms with E-state index in [9.17, 15) is 14.4 Å². The van der Waals surface area contributed by atoms with E-state index in [4.69, 9.17) is 0 Å². The summed E-state index contributed by atoms with van der Waals surface area (Å²) in [5.41, 5.74) is 0. The average molecular weight is 361 g/mol. The Morgan fingerprint density at radius 3 is 2.19 bits per heavy atom. The normalized spacial score (nSPS) is 30.5. The molecule has 2 unspecified atom stereocenters. The minimum atomic E-state index is -0.301. The summed E-state index contributed by atoms with van der Waals surface area (Å²) >= 11 is 0. The molecule has 1 saturated carbocycles. The second kappa shape index (κ2) is 7.57. The van der Waals surface area contributed by atoms with Crippen molar-refractivity contribution < 1.29 is 14.4 Å². The van der Waals surface area contributed by atoms with Crippen molar-refractivity contribution in [3.63, 3.8) is 0 Å². The Balaban J connectivity index is 1.43. The molecule has 4 rings (SSSR count). The van der Waals surface area contributed by atoms with Gasteiger partial charge in [-0.05, 0) is 44.9 Å². The molecule has 0 spiro atoms. The maximum absolute atomic E-state index is 13.2. The van der Waals surface area contributed by atoms with Gasteiger partial charge in [-0.1, -0.05) is 12.8 Å². The highest BCUT2D eigenvalue weighted by atomic mass is 16.2. The summed E-state index contributed by atoms with van der Waals surface area (Å²) in [5, 5.41) is 0. The van der Waals surface area contributed by atoms with Gasteiger partial charge in [0.1, 0.15) is 6.04 Å². The van der Waals surface area contributed by atoms with Crippen LogP contribution in [-0.2, 0) is 14.4 Å². The van der Waals surface area contributed by atoms with Gasteiger partial charge in [0.15, 0.2) is 0 Å². The van der Waals surface area contributed by atoms with Crippen molar-refractivity contribution in [2.24, 2.45) is 5.92 Å².